The largest absolute Gasteiger partial charge is 0.453 e. The first-order chi connectivity index (χ1) is 4.74. The van der Waals surface area contributed by atoms with Gasteiger partial charge in [-0.3, -0.25) is 5.32 Å². The van der Waals surface area contributed by atoms with E-state index >= 15 is 0 Å². The van der Waals surface area contributed by atoms with Gasteiger partial charge in [0.15, 0.2) is 0 Å². The van der Waals surface area contributed by atoms with Crippen molar-refractivity contribution in [3.05, 3.63) is 24.4 Å². The second-order valence-corrected chi connectivity index (χ2v) is 1.56. The molecule has 56 valence electrons. The molecule has 1 N–H and O–H groups in total. The molecule has 0 heterocycles. The van der Waals surface area contributed by atoms with Crippen LogP contribution in [0.5, 0.6) is 0 Å². The van der Waals surface area contributed by atoms with Gasteiger partial charge in [-0.25, -0.2) is 4.79 Å². The van der Waals surface area contributed by atoms with E-state index in [-0.39, 0.29) is 0 Å². The molecule has 0 rings (SSSR count). The lowest BCUT2D eigenvalue weighted by molar-refractivity contribution is 0.174. The standard InChI is InChI=1S/C7H11NO2/c1-4-6(5-2)8-7(9)10-3/h4-5H,1H2,2-3H3,(H,8,9)/b6-5+. The van der Waals surface area contributed by atoms with E-state index in [4.69, 9.17) is 0 Å². The van der Waals surface area contributed by atoms with Gasteiger partial charge in [-0.1, -0.05) is 12.7 Å². The van der Waals surface area contributed by atoms with Crippen molar-refractivity contribution in [1.29, 1.82) is 0 Å². The van der Waals surface area contributed by atoms with Crippen LogP contribution in [0, 0.1) is 0 Å². The summed E-state index contributed by atoms with van der Waals surface area (Å²) in [6.45, 7) is 5.28. The molecule has 0 aliphatic rings. The summed E-state index contributed by atoms with van der Waals surface area (Å²) in [5.41, 5.74) is 0.645. The van der Waals surface area contributed by atoms with Gasteiger partial charge in [-0.2, -0.15) is 0 Å². The highest BCUT2D eigenvalue weighted by atomic mass is 16.5. The van der Waals surface area contributed by atoms with Gasteiger partial charge in [0.25, 0.3) is 0 Å². The highest BCUT2D eigenvalue weighted by Crippen LogP contribution is 1.88. The maximum atomic E-state index is 10.5. The van der Waals surface area contributed by atoms with Gasteiger partial charge in [-0.15, -0.1) is 0 Å². The first-order valence-electron chi connectivity index (χ1n) is 2.88. The zero-order valence-corrected chi connectivity index (χ0v) is 6.18. The first-order valence-corrected chi connectivity index (χ1v) is 2.88. The van der Waals surface area contributed by atoms with Crippen LogP contribution in [0.4, 0.5) is 4.79 Å². The monoisotopic (exact) mass is 141 g/mol. The number of amides is 1. The predicted octanol–water partition coefficient (Wildman–Crippen LogP) is 1.43. The summed E-state index contributed by atoms with van der Waals surface area (Å²) in [7, 11) is 1.31. The molecule has 0 aromatic rings. The van der Waals surface area contributed by atoms with E-state index in [2.05, 4.69) is 16.6 Å². The molecular formula is C7H11NO2. The van der Waals surface area contributed by atoms with Crippen LogP contribution in [-0.4, -0.2) is 13.2 Å². The minimum atomic E-state index is -0.479. The number of hydrogen-bond acceptors (Lipinski definition) is 2. The van der Waals surface area contributed by atoms with Gasteiger partial charge in [-0.05, 0) is 13.0 Å². The minimum Gasteiger partial charge on any atom is -0.453 e. The van der Waals surface area contributed by atoms with Crippen molar-refractivity contribution < 1.29 is 9.53 Å². The fourth-order valence-corrected chi connectivity index (χ4v) is 0.410. The number of alkyl carbamates (subject to hydrolysis) is 1. The summed E-state index contributed by atoms with van der Waals surface area (Å²) in [5.74, 6) is 0. The van der Waals surface area contributed by atoms with E-state index in [1.807, 2.05) is 0 Å². The third-order valence-electron chi connectivity index (χ3n) is 0.963. The number of rotatable bonds is 2. The second kappa shape index (κ2) is 4.61. The van der Waals surface area contributed by atoms with Gasteiger partial charge in [0.1, 0.15) is 0 Å². The zero-order chi connectivity index (χ0) is 7.98. The zero-order valence-electron chi connectivity index (χ0n) is 6.18. The van der Waals surface area contributed by atoms with Crippen molar-refractivity contribution in [2.75, 3.05) is 7.11 Å². The van der Waals surface area contributed by atoms with E-state index in [1.165, 1.54) is 13.2 Å². The summed E-state index contributed by atoms with van der Waals surface area (Å²) < 4.78 is 4.35. The smallest absolute Gasteiger partial charge is 0.411 e. The molecule has 0 atom stereocenters. The molecule has 0 aliphatic heterocycles. The Bertz CT molecular complexity index is 161. The number of ether oxygens (including phenoxy) is 1. The molecule has 0 unspecified atom stereocenters. The molecule has 0 radical (unpaired) electrons. The van der Waals surface area contributed by atoms with Crippen LogP contribution in [0.15, 0.2) is 24.4 Å². The topological polar surface area (TPSA) is 38.3 Å². The highest BCUT2D eigenvalue weighted by Gasteiger charge is 1.96. The fourth-order valence-electron chi connectivity index (χ4n) is 0.410. The molecule has 0 saturated heterocycles. The average molecular weight is 141 g/mol. The number of hydrogen-bond donors (Lipinski definition) is 1. The van der Waals surface area contributed by atoms with E-state index in [1.54, 1.807) is 13.0 Å². The number of carbonyl (C=O) groups is 1. The Hall–Kier alpha value is -1.25. The molecule has 3 heteroatoms. The van der Waals surface area contributed by atoms with Gasteiger partial charge in [0.2, 0.25) is 0 Å². The Balaban J connectivity index is 3.87. The van der Waals surface area contributed by atoms with Crippen LogP contribution in [0.3, 0.4) is 0 Å². The third-order valence-corrected chi connectivity index (χ3v) is 0.963. The van der Waals surface area contributed by atoms with Crippen molar-refractivity contribution in [3.8, 4) is 0 Å². The number of methoxy groups -OCH3 is 1. The predicted molar refractivity (Wildman–Crippen MR) is 39.5 cm³/mol. The quantitative estimate of drug-likeness (QED) is 0.591. The lowest BCUT2D eigenvalue weighted by Crippen LogP contribution is -2.20. The summed E-state index contributed by atoms with van der Waals surface area (Å²) >= 11 is 0. The Morgan fingerprint density at radius 2 is 2.30 bits per heavy atom. The van der Waals surface area contributed by atoms with Crippen molar-refractivity contribution >= 4 is 6.09 Å². The Morgan fingerprint density at radius 1 is 1.70 bits per heavy atom. The Morgan fingerprint density at radius 3 is 2.60 bits per heavy atom. The Labute approximate surface area is 60.4 Å². The van der Waals surface area contributed by atoms with Crippen LogP contribution in [0.1, 0.15) is 6.92 Å². The lowest BCUT2D eigenvalue weighted by atomic mass is 10.4. The summed E-state index contributed by atoms with van der Waals surface area (Å²) in [4.78, 5) is 10.5. The molecular weight excluding hydrogens is 130 g/mol. The molecule has 10 heavy (non-hydrogen) atoms. The van der Waals surface area contributed by atoms with E-state index in [0.717, 1.165) is 0 Å². The van der Waals surface area contributed by atoms with Crippen molar-refractivity contribution in [2.45, 2.75) is 6.92 Å². The second-order valence-electron chi connectivity index (χ2n) is 1.56. The van der Waals surface area contributed by atoms with Gasteiger partial charge < -0.3 is 4.74 Å². The number of nitrogens with one attached hydrogen (secondary N) is 1. The van der Waals surface area contributed by atoms with Crippen molar-refractivity contribution in [1.82, 2.24) is 5.32 Å². The first kappa shape index (κ1) is 8.75. The molecule has 0 aromatic heterocycles. The lowest BCUT2D eigenvalue weighted by Gasteiger charge is -2.01. The molecule has 0 fully saturated rings. The molecule has 0 aliphatic carbocycles. The minimum absolute atomic E-state index is 0.479. The van der Waals surface area contributed by atoms with Gasteiger partial charge in [0.05, 0.1) is 7.11 Å². The van der Waals surface area contributed by atoms with Gasteiger partial charge in [0, 0.05) is 5.70 Å². The van der Waals surface area contributed by atoms with Crippen molar-refractivity contribution in [3.63, 3.8) is 0 Å². The summed E-state index contributed by atoms with van der Waals surface area (Å²) in [6.07, 6.45) is 2.79. The average Bonchev–Trinajstić information content (AvgIpc) is 1.99. The van der Waals surface area contributed by atoms with E-state index in [0.29, 0.717) is 5.70 Å². The highest BCUT2D eigenvalue weighted by molar-refractivity contribution is 5.69. The number of carbonyl (C=O) groups excluding carboxylic acids is 1. The van der Waals surface area contributed by atoms with Crippen LogP contribution in [0.2, 0.25) is 0 Å². The Kier molecular flexibility index (Phi) is 4.04. The molecule has 3 nitrogen and oxygen atoms in total. The third kappa shape index (κ3) is 2.91. The molecule has 0 saturated carbocycles. The molecule has 0 spiro atoms. The van der Waals surface area contributed by atoms with E-state index in [9.17, 15) is 4.79 Å². The number of allylic oxidation sites excluding steroid dienone is 2. The maximum absolute atomic E-state index is 10.5. The van der Waals surface area contributed by atoms with Crippen LogP contribution in [0.25, 0.3) is 0 Å². The molecule has 1 amide bonds. The van der Waals surface area contributed by atoms with Crippen LogP contribution in [-0.2, 0) is 4.74 Å². The van der Waals surface area contributed by atoms with Crippen molar-refractivity contribution in [2.24, 2.45) is 0 Å². The summed E-state index contributed by atoms with van der Waals surface area (Å²) in [5, 5.41) is 2.45. The van der Waals surface area contributed by atoms with Crippen LogP contribution >= 0.6 is 0 Å². The summed E-state index contributed by atoms with van der Waals surface area (Å²) in [6, 6.07) is 0. The normalized spacial score (nSPS) is 10.4. The van der Waals surface area contributed by atoms with E-state index < -0.39 is 6.09 Å². The van der Waals surface area contributed by atoms with Gasteiger partial charge >= 0.3 is 6.09 Å². The molecule has 0 aromatic carbocycles. The maximum Gasteiger partial charge on any atom is 0.411 e. The fraction of sp³-hybridized carbons (Fsp3) is 0.286. The molecule has 0 bridgehead atoms. The van der Waals surface area contributed by atoms with Crippen LogP contribution < -0.4 is 5.32 Å². The SMILES string of the molecule is C=C/C(=C\C)NC(=O)OC.